The summed E-state index contributed by atoms with van der Waals surface area (Å²) in [5.41, 5.74) is -0.602. The number of hydrogen-bond donors (Lipinski definition) is 3. The zero-order valence-electron chi connectivity index (χ0n) is 27.1. The van der Waals surface area contributed by atoms with Crippen molar-refractivity contribution in [2.45, 2.75) is 14.7 Å². The Morgan fingerprint density at radius 1 is 0.615 bits per heavy atom. The summed E-state index contributed by atoms with van der Waals surface area (Å²) in [6, 6.07) is 18.8. The number of aromatic hydroxyl groups is 3. The Morgan fingerprint density at radius 3 is 1.92 bits per heavy atom. The van der Waals surface area contributed by atoms with Gasteiger partial charge >= 0.3 is 88.7 Å². The van der Waals surface area contributed by atoms with Crippen LogP contribution in [0.2, 0.25) is 0 Å². The van der Waals surface area contributed by atoms with Crippen LogP contribution in [0.3, 0.4) is 0 Å². The fraction of sp³-hybridized carbons (Fsp3) is 0. The van der Waals surface area contributed by atoms with E-state index in [2.05, 4.69) is 29.8 Å². The van der Waals surface area contributed by atoms with Crippen LogP contribution in [0, 0.1) is 0 Å². The maximum atomic E-state index is 12.0. The van der Waals surface area contributed by atoms with E-state index < -0.39 is 52.9 Å². The number of phenolic OH excluding ortho intramolecular Hbond substituents is 3. The van der Waals surface area contributed by atoms with Gasteiger partial charge in [-0.15, -0.1) is 15.3 Å². The predicted molar refractivity (Wildman–Crippen MR) is 169 cm³/mol. The van der Waals surface area contributed by atoms with E-state index in [4.69, 9.17) is 0 Å². The monoisotopic (exact) mass is 790 g/mol. The van der Waals surface area contributed by atoms with Crippen LogP contribution >= 0.6 is 12.0 Å². The molecule has 6 rings (SSSR count). The molecule has 0 aliphatic rings. The Balaban J connectivity index is 0.00000243. The van der Waals surface area contributed by atoms with Gasteiger partial charge in [0.05, 0.1) is 33.2 Å². The van der Waals surface area contributed by atoms with Crippen molar-refractivity contribution in [3.63, 3.8) is 0 Å². The van der Waals surface area contributed by atoms with Crippen molar-refractivity contribution in [3.05, 3.63) is 84.9 Å². The molecule has 3 N–H and O–H groups in total. The summed E-state index contributed by atoms with van der Waals surface area (Å²) in [6.07, 6.45) is 0. The first-order chi connectivity index (χ1) is 23.3. The molecule has 0 unspecified atom stereocenters. The summed E-state index contributed by atoms with van der Waals surface area (Å²) >= 11 is 0.375. The zero-order valence-corrected chi connectivity index (χ0v) is 35.6. The van der Waals surface area contributed by atoms with E-state index in [-0.39, 0.29) is 132 Å². The van der Waals surface area contributed by atoms with Gasteiger partial charge in [0, 0.05) is 31.8 Å². The molecule has 0 saturated carbocycles. The second kappa shape index (κ2) is 17.9. The van der Waals surface area contributed by atoms with Crippen LogP contribution < -0.4 is 93.9 Å². The van der Waals surface area contributed by atoms with Crippen molar-refractivity contribution in [2.75, 3.05) is 0 Å². The number of phenols is 3. The maximum absolute atomic E-state index is 12.0. The molecule has 22 heteroatoms. The summed E-state index contributed by atoms with van der Waals surface area (Å²) in [5.74, 6) is -1.78. The fourth-order valence-corrected chi connectivity index (χ4v) is 6.72. The number of azo groups is 2. The Hall–Kier alpha value is -2.25. The topological polar surface area (TPSA) is 266 Å². The van der Waals surface area contributed by atoms with Gasteiger partial charge < -0.3 is 29.7 Å². The number of fused-ring (bicyclic) bond motifs is 3. The van der Waals surface area contributed by atoms with E-state index in [1.165, 1.54) is 36.4 Å². The van der Waals surface area contributed by atoms with E-state index in [1.54, 1.807) is 24.3 Å². The predicted octanol–water partition coefficient (Wildman–Crippen LogP) is -2.86. The van der Waals surface area contributed by atoms with Crippen molar-refractivity contribution in [2.24, 2.45) is 20.5 Å². The van der Waals surface area contributed by atoms with Crippen LogP contribution in [0.4, 0.5) is 22.7 Å². The second-order valence-corrected chi connectivity index (χ2v) is 13.6. The molecular formula is C30H17N4Na3O12S3. The van der Waals surface area contributed by atoms with Crippen LogP contribution in [0.1, 0.15) is 0 Å². The molecule has 52 heavy (non-hydrogen) atoms. The normalized spacial score (nSPS) is 11.9. The summed E-state index contributed by atoms with van der Waals surface area (Å²) in [5, 5.41) is 62.9. The zero-order chi connectivity index (χ0) is 35.1. The average molecular weight is 791 g/mol. The van der Waals surface area contributed by atoms with E-state index in [0.717, 1.165) is 24.3 Å². The molecule has 0 fully saturated rings. The SMILES string of the molecule is O=S(=O)([O-])c1ccc2c(N=Nc3ccc4cc(SOO[O-])cc(S(=O)(=O)[O-])c4c3)c(O)c(O)c(N=Nc3ccc(O)c4ccccc34)c2c1.[Na+].[Na+].[Na+]. The molecule has 0 amide bonds. The van der Waals surface area contributed by atoms with Crippen LogP contribution in [0.25, 0.3) is 32.3 Å². The molecule has 0 bridgehead atoms. The van der Waals surface area contributed by atoms with Gasteiger partial charge in [-0.2, -0.15) is 9.45 Å². The van der Waals surface area contributed by atoms with Crippen LogP contribution in [-0.2, 0) is 29.6 Å². The van der Waals surface area contributed by atoms with Gasteiger partial charge in [0.2, 0.25) is 0 Å². The Kier molecular flexibility index (Phi) is 15.2. The third-order valence-electron chi connectivity index (χ3n) is 7.16. The van der Waals surface area contributed by atoms with Gasteiger partial charge in [0.1, 0.15) is 37.4 Å². The van der Waals surface area contributed by atoms with Crippen molar-refractivity contribution in [1.82, 2.24) is 0 Å². The Morgan fingerprint density at radius 2 is 1.27 bits per heavy atom. The van der Waals surface area contributed by atoms with Gasteiger partial charge in [0.15, 0.2) is 11.5 Å². The molecule has 0 aromatic heterocycles. The molecule has 6 aromatic rings. The Labute approximate surface area is 365 Å². The van der Waals surface area contributed by atoms with E-state index in [0.29, 0.717) is 22.8 Å². The fourth-order valence-electron chi connectivity index (χ4n) is 4.98. The van der Waals surface area contributed by atoms with Crippen molar-refractivity contribution in [3.8, 4) is 17.2 Å². The average Bonchev–Trinajstić information content (AvgIpc) is 3.07. The van der Waals surface area contributed by atoms with Crippen molar-refractivity contribution in [1.29, 1.82) is 0 Å². The van der Waals surface area contributed by atoms with Crippen LogP contribution in [-0.4, -0.2) is 41.3 Å². The molecule has 0 saturated heterocycles. The molecule has 0 aliphatic heterocycles. The Bertz CT molecular complexity index is 2610. The molecule has 250 valence electrons. The quantitative estimate of drug-likeness (QED) is 0.0254. The minimum Gasteiger partial charge on any atom is -0.744 e. The van der Waals surface area contributed by atoms with E-state index in [1.807, 2.05) is 0 Å². The molecular weight excluding hydrogens is 774 g/mol. The van der Waals surface area contributed by atoms with Crippen molar-refractivity contribution >= 4 is 87.3 Å². The summed E-state index contributed by atoms with van der Waals surface area (Å²) < 4.78 is 76.0. The van der Waals surface area contributed by atoms with Crippen LogP contribution in [0.15, 0.2) is 120 Å². The van der Waals surface area contributed by atoms with E-state index >= 15 is 0 Å². The van der Waals surface area contributed by atoms with Gasteiger partial charge in [0.25, 0.3) is 0 Å². The first kappa shape index (κ1) is 44.1. The first-order valence-corrected chi connectivity index (χ1v) is 17.0. The van der Waals surface area contributed by atoms with Gasteiger partial charge in [-0.25, -0.2) is 16.8 Å². The summed E-state index contributed by atoms with van der Waals surface area (Å²) in [7, 11) is -10.1. The number of nitrogens with zero attached hydrogens (tertiary/aromatic N) is 4. The molecule has 16 nitrogen and oxygen atoms in total. The minimum absolute atomic E-state index is 0. The molecule has 6 aromatic carbocycles. The van der Waals surface area contributed by atoms with Gasteiger partial charge in [-0.3, -0.25) is 5.04 Å². The summed E-state index contributed by atoms with van der Waals surface area (Å²) in [6.45, 7) is 0. The molecule has 0 atom stereocenters. The smallest absolute Gasteiger partial charge is 0.744 e. The van der Waals surface area contributed by atoms with Gasteiger partial charge in [-0.1, -0.05) is 36.4 Å². The first-order valence-electron chi connectivity index (χ1n) is 13.4. The van der Waals surface area contributed by atoms with E-state index in [9.17, 15) is 46.5 Å². The minimum atomic E-state index is -5.05. The second-order valence-electron chi connectivity index (χ2n) is 10.1. The number of hydrogen-bond acceptors (Lipinski definition) is 17. The van der Waals surface area contributed by atoms with Crippen LogP contribution in [0.5, 0.6) is 17.2 Å². The number of rotatable bonds is 9. The molecule has 0 radical (unpaired) electrons. The number of benzene rings is 6. The van der Waals surface area contributed by atoms with Gasteiger partial charge in [-0.05, 0) is 53.9 Å². The third kappa shape index (κ3) is 9.33. The largest absolute Gasteiger partial charge is 1.00 e. The van der Waals surface area contributed by atoms with Crippen molar-refractivity contribution < 1.29 is 145 Å². The maximum Gasteiger partial charge on any atom is 1.00 e. The standard InChI is InChI=1S/C30H20N4O12S3.3Na/c35-25-10-9-24(19-3-1-2-4-20(19)25)32-34-28-23-14-18(48(39,40)41)7-8-21(23)27(29(36)30(28)37)33-31-16-6-5-15-11-17(47-46-45-38)13-26(22(15)12-16)49(42,43)44;;;/h1-14,35-38H,(H,39,40,41)(H,42,43,44);;;/q;3*+1/p-3. The molecule has 0 aliphatic carbocycles. The third-order valence-corrected chi connectivity index (χ3v) is 9.42. The molecule has 0 heterocycles. The molecule has 0 spiro atoms. The summed E-state index contributed by atoms with van der Waals surface area (Å²) in [4.78, 5) is -1.30.